The maximum Gasteiger partial charge on any atom is 0.255 e. The van der Waals surface area contributed by atoms with Crippen molar-refractivity contribution in [2.75, 3.05) is 19.7 Å². The Kier molecular flexibility index (Phi) is 3.10. The van der Waals surface area contributed by atoms with Crippen molar-refractivity contribution in [3.05, 3.63) is 18.1 Å². The van der Waals surface area contributed by atoms with Gasteiger partial charge in [0.2, 0.25) is 5.88 Å². The molecule has 0 bridgehead atoms. The molecule has 6 heteroatoms. The summed E-state index contributed by atoms with van der Waals surface area (Å²) < 4.78 is 7.54. The van der Waals surface area contributed by atoms with E-state index < -0.39 is 0 Å². The SMILES string of the molecule is Cc1cc(OCC2CCNCC2)n2ncnc2n1. The molecule has 3 rings (SSSR count). The van der Waals surface area contributed by atoms with Crippen molar-refractivity contribution in [2.24, 2.45) is 5.92 Å². The maximum absolute atomic E-state index is 5.89. The maximum atomic E-state index is 5.89. The molecule has 0 aromatic carbocycles. The Morgan fingerprint density at radius 2 is 2.28 bits per heavy atom. The summed E-state index contributed by atoms with van der Waals surface area (Å²) in [5, 5.41) is 7.48. The van der Waals surface area contributed by atoms with E-state index in [4.69, 9.17) is 4.74 Å². The second-order valence-corrected chi connectivity index (χ2v) is 4.71. The van der Waals surface area contributed by atoms with Gasteiger partial charge in [-0.2, -0.15) is 14.6 Å². The molecule has 6 nitrogen and oxygen atoms in total. The van der Waals surface area contributed by atoms with Crippen LogP contribution in [0.2, 0.25) is 0 Å². The van der Waals surface area contributed by atoms with E-state index in [9.17, 15) is 0 Å². The largest absolute Gasteiger partial charge is 0.477 e. The van der Waals surface area contributed by atoms with E-state index in [0.717, 1.165) is 31.3 Å². The van der Waals surface area contributed by atoms with Crippen LogP contribution < -0.4 is 10.1 Å². The van der Waals surface area contributed by atoms with Crippen LogP contribution in [-0.4, -0.2) is 39.3 Å². The lowest BCUT2D eigenvalue weighted by Gasteiger charge is -2.22. The topological polar surface area (TPSA) is 64.3 Å². The minimum atomic E-state index is 0.593. The summed E-state index contributed by atoms with van der Waals surface area (Å²) in [6.07, 6.45) is 3.84. The molecular weight excluding hydrogens is 230 g/mol. The number of piperidine rings is 1. The number of hydrogen-bond acceptors (Lipinski definition) is 5. The second-order valence-electron chi connectivity index (χ2n) is 4.71. The first-order valence-corrected chi connectivity index (χ1v) is 6.34. The molecule has 0 atom stereocenters. The fraction of sp³-hybridized carbons (Fsp3) is 0.583. The summed E-state index contributed by atoms with van der Waals surface area (Å²) in [4.78, 5) is 8.38. The summed E-state index contributed by atoms with van der Waals surface area (Å²) in [7, 11) is 0. The fourth-order valence-corrected chi connectivity index (χ4v) is 2.25. The highest BCUT2D eigenvalue weighted by Crippen LogP contribution is 2.17. The van der Waals surface area contributed by atoms with Crippen LogP contribution in [0.25, 0.3) is 5.78 Å². The third-order valence-electron chi connectivity index (χ3n) is 3.27. The monoisotopic (exact) mass is 247 g/mol. The van der Waals surface area contributed by atoms with Gasteiger partial charge in [-0.3, -0.25) is 0 Å². The summed E-state index contributed by atoms with van der Waals surface area (Å²) in [6, 6.07) is 1.91. The number of aryl methyl sites for hydroxylation is 1. The minimum Gasteiger partial charge on any atom is -0.477 e. The van der Waals surface area contributed by atoms with E-state index >= 15 is 0 Å². The molecule has 3 heterocycles. The molecule has 1 saturated heterocycles. The number of ether oxygens (including phenoxy) is 1. The third-order valence-corrected chi connectivity index (χ3v) is 3.27. The van der Waals surface area contributed by atoms with Crippen LogP contribution in [0.15, 0.2) is 12.4 Å². The molecule has 1 fully saturated rings. The van der Waals surface area contributed by atoms with Crippen LogP contribution in [0.5, 0.6) is 5.88 Å². The van der Waals surface area contributed by atoms with Crippen LogP contribution in [0.4, 0.5) is 0 Å². The summed E-state index contributed by atoms with van der Waals surface area (Å²) in [5.41, 5.74) is 0.899. The first kappa shape index (κ1) is 11.4. The molecule has 0 amide bonds. The highest BCUT2D eigenvalue weighted by atomic mass is 16.5. The lowest BCUT2D eigenvalue weighted by Crippen LogP contribution is -2.30. The lowest BCUT2D eigenvalue weighted by molar-refractivity contribution is 0.205. The van der Waals surface area contributed by atoms with Gasteiger partial charge >= 0.3 is 0 Å². The zero-order chi connectivity index (χ0) is 12.4. The lowest BCUT2D eigenvalue weighted by atomic mass is 9.99. The van der Waals surface area contributed by atoms with Gasteiger partial charge in [0.15, 0.2) is 0 Å². The molecule has 1 aliphatic rings. The molecule has 0 spiro atoms. The van der Waals surface area contributed by atoms with Gasteiger partial charge in [-0.15, -0.1) is 0 Å². The summed E-state index contributed by atoms with van der Waals surface area (Å²) in [6.45, 7) is 4.84. The molecule has 2 aromatic heterocycles. The first-order chi connectivity index (χ1) is 8.83. The average Bonchev–Trinajstić information content (AvgIpc) is 2.85. The van der Waals surface area contributed by atoms with Crippen molar-refractivity contribution >= 4 is 5.78 Å². The molecule has 1 N–H and O–H groups in total. The molecule has 2 aromatic rings. The van der Waals surface area contributed by atoms with Gasteiger partial charge in [-0.1, -0.05) is 0 Å². The third kappa shape index (κ3) is 2.28. The normalized spacial score (nSPS) is 17.2. The van der Waals surface area contributed by atoms with E-state index in [-0.39, 0.29) is 0 Å². The molecule has 1 aliphatic heterocycles. The Bertz CT molecular complexity index is 532. The molecule has 0 unspecified atom stereocenters. The Hall–Kier alpha value is -1.69. The van der Waals surface area contributed by atoms with Crippen molar-refractivity contribution in [3.63, 3.8) is 0 Å². The quantitative estimate of drug-likeness (QED) is 0.869. The van der Waals surface area contributed by atoms with Gasteiger partial charge in [0, 0.05) is 11.8 Å². The van der Waals surface area contributed by atoms with E-state index in [1.807, 2.05) is 13.0 Å². The minimum absolute atomic E-state index is 0.593. The molecule has 96 valence electrons. The van der Waals surface area contributed by atoms with Crippen molar-refractivity contribution in [3.8, 4) is 5.88 Å². The highest BCUT2D eigenvalue weighted by Gasteiger charge is 2.15. The zero-order valence-corrected chi connectivity index (χ0v) is 10.5. The van der Waals surface area contributed by atoms with Crippen molar-refractivity contribution in [1.82, 2.24) is 24.9 Å². The standard InChI is InChI=1S/C12H17N5O/c1-9-6-11(17-12(16-9)14-8-15-17)18-7-10-2-4-13-5-3-10/h6,8,10,13H,2-5,7H2,1H3. The van der Waals surface area contributed by atoms with Crippen LogP contribution in [-0.2, 0) is 0 Å². The number of fused-ring (bicyclic) bond motifs is 1. The van der Waals surface area contributed by atoms with Crippen LogP contribution >= 0.6 is 0 Å². The van der Waals surface area contributed by atoms with Gasteiger partial charge in [0.1, 0.15) is 6.33 Å². The smallest absolute Gasteiger partial charge is 0.255 e. The number of nitrogens with one attached hydrogen (secondary N) is 1. The number of rotatable bonds is 3. The average molecular weight is 247 g/mol. The van der Waals surface area contributed by atoms with Crippen molar-refractivity contribution < 1.29 is 4.74 Å². The summed E-state index contributed by atoms with van der Waals surface area (Å²) >= 11 is 0. The van der Waals surface area contributed by atoms with Crippen molar-refractivity contribution in [2.45, 2.75) is 19.8 Å². The predicted octanol–water partition coefficient (Wildman–Crippen LogP) is 0.811. The van der Waals surface area contributed by atoms with Gasteiger partial charge in [-0.05, 0) is 38.8 Å². The van der Waals surface area contributed by atoms with Gasteiger partial charge in [0.05, 0.1) is 6.61 Å². The molecular formula is C12H17N5O. The van der Waals surface area contributed by atoms with Crippen molar-refractivity contribution in [1.29, 1.82) is 0 Å². The van der Waals surface area contributed by atoms with E-state index in [2.05, 4.69) is 20.4 Å². The first-order valence-electron chi connectivity index (χ1n) is 6.34. The second kappa shape index (κ2) is 4.89. The Balaban J connectivity index is 1.75. The van der Waals surface area contributed by atoms with Gasteiger partial charge in [0.25, 0.3) is 5.78 Å². The molecule has 0 saturated carbocycles. The van der Waals surface area contributed by atoms with Crippen LogP contribution in [0.1, 0.15) is 18.5 Å². The molecule has 0 aliphatic carbocycles. The molecule has 18 heavy (non-hydrogen) atoms. The highest BCUT2D eigenvalue weighted by molar-refractivity contribution is 5.32. The number of aromatic nitrogens is 4. The predicted molar refractivity (Wildman–Crippen MR) is 66.6 cm³/mol. The Labute approximate surface area is 105 Å². The Morgan fingerprint density at radius 3 is 3.11 bits per heavy atom. The Morgan fingerprint density at radius 1 is 1.44 bits per heavy atom. The molecule has 0 radical (unpaired) electrons. The zero-order valence-electron chi connectivity index (χ0n) is 10.5. The van der Waals surface area contributed by atoms with Crippen LogP contribution in [0.3, 0.4) is 0 Å². The van der Waals surface area contributed by atoms with Gasteiger partial charge in [-0.25, -0.2) is 4.98 Å². The number of nitrogens with zero attached hydrogens (tertiary/aromatic N) is 4. The van der Waals surface area contributed by atoms with E-state index in [0.29, 0.717) is 11.7 Å². The van der Waals surface area contributed by atoms with Gasteiger partial charge < -0.3 is 10.1 Å². The fourth-order valence-electron chi connectivity index (χ4n) is 2.25. The van der Waals surface area contributed by atoms with Crippen LogP contribution in [0, 0.1) is 12.8 Å². The van der Waals surface area contributed by atoms with E-state index in [1.165, 1.54) is 19.2 Å². The number of hydrogen-bond donors (Lipinski definition) is 1. The van der Waals surface area contributed by atoms with E-state index in [1.54, 1.807) is 4.52 Å². The summed E-state index contributed by atoms with van der Waals surface area (Å²) in [5.74, 6) is 1.95.